The van der Waals surface area contributed by atoms with Crippen LogP contribution in [0.4, 0.5) is 11.4 Å². The molecular weight excluding hydrogens is 260 g/mol. The van der Waals surface area contributed by atoms with Crippen molar-refractivity contribution in [3.05, 3.63) is 34.4 Å². The third kappa shape index (κ3) is 2.89. The van der Waals surface area contributed by atoms with Gasteiger partial charge in [-0.05, 0) is 30.9 Å². The molecule has 0 aromatic heterocycles. The molecular formula is C14H18N2O4. The zero-order valence-corrected chi connectivity index (χ0v) is 11.4. The minimum absolute atomic E-state index is 0.0177. The lowest BCUT2D eigenvalue weighted by Crippen LogP contribution is -2.47. The minimum Gasteiger partial charge on any atom is -0.480 e. The molecule has 2 rings (SSSR count). The second kappa shape index (κ2) is 5.90. The molecule has 0 saturated carbocycles. The van der Waals surface area contributed by atoms with E-state index in [1.807, 2.05) is 4.90 Å². The van der Waals surface area contributed by atoms with Gasteiger partial charge in [-0.2, -0.15) is 0 Å². The summed E-state index contributed by atoms with van der Waals surface area (Å²) in [4.78, 5) is 23.4. The van der Waals surface area contributed by atoms with Gasteiger partial charge in [-0.25, -0.2) is 4.79 Å². The number of aliphatic carboxylic acids is 1. The maximum Gasteiger partial charge on any atom is 0.326 e. The Kier molecular flexibility index (Phi) is 4.22. The zero-order chi connectivity index (χ0) is 14.7. The van der Waals surface area contributed by atoms with E-state index in [9.17, 15) is 20.0 Å². The molecule has 0 spiro atoms. The fourth-order valence-corrected chi connectivity index (χ4v) is 2.72. The summed E-state index contributed by atoms with van der Waals surface area (Å²) in [5.41, 5.74) is 0.752. The molecule has 108 valence electrons. The third-order valence-corrected chi connectivity index (χ3v) is 3.97. The van der Waals surface area contributed by atoms with Crippen molar-refractivity contribution in [2.24, 2.45) is 5.92 Å². The number of carbonyl (C=O) groups is 1. The number of nitro groups is 1. The Labute approximate surface area is 117 Å². The fraction of sp³-hybridized carbons (Fsp3) is 0.500. The van der Waals surface area contributed by atoms with Gasteiger partial charge >= 0.3 is 5.97 Å². The number of anilines is 1. The van der Waals surface area contributed by atoms with E-state index >= 15 is 0 Å². The molecule has 1 aromatic carbocycles. The molecule has 1 N–H and O–H groups in total. The van der Waals surface area contributed by atoms with Gasteiger partial charge in [-0.1, -0.05) is 13.3 Å². The first-order valence-electron chi connectivity index (χ1n) is 6.76. The number of benzene rings is 1. The molecule has 0 bridgehead atoms. The van der Waals surface area contributed by atoms with Crippen molar-refractivity contribution in [2.75, 3.05) is 11.4 Å². The van der Waals surface area contributed by atoms with Crippen molar-refractivity contribution >= 4 is 17.3 Å². The van der Waals surface area contributed by atoms with Crippen LogP contribution >= 0.6 is 0 Å². The summed E-state index contributed by atoms with van der Waals surface area (Å²) in [6, 6.07) is 5.54. The molecule has 0 aliphatic carbocycles. The first-order chi connectivity index (χ1) is 9.52. The largest absolute Gasteiger partial charge is 0.480 e. The maximum atomic E-state index is 11.4. The first kappa shape index (κ1) is 14.3. The van der Waals surface area contributed by atoms with E-state index in [4.69, 9.17) is 0 Å². The number of rotatable bonds is 4. The lowest BCUT2D eigenvalue weighted by atomic mass is 9.88. The summed E-state index contributed by atoms with van der Waals surface area (Å²) >= 11 is 0. The van der Waals surface area contributed by atoms with Crippen molar-refractivity contribution in [1.82, 2.24) is 0 Å². The third-order valence-electron chi connectivity index (χ3n) is 3.97. The highest BCUT2D eigenvalue weighted by Crippen LogP contribution is 2.30. The molecule has 2 atom stereocenters. The van der Waals surface area contributed by atoms with E-state index in [1.54, 1.807) is 12.1 Å². The van der Waals surface area contributed by atoms with Crippen LogP contribution in [0.25, 0.3) is 0 Å². The van der Waals surface area contributed by atoms with Gasteiger partial charge in [0.15, 0.2) is 0 Å². The summed E-state index contributed by atoms with van der Waals surface area (Å²) in [5, 5.41) is 20.0. The standard InChI is InChI=1S/C14H18N2O4/c1-2-10-7-8-15(13(9-10)14(17)18)11-3-5-12(6-4-11)16(19)20/h3-6,10,13H,2,7-9H2,1H3,(H,17,18). The van der Waals surface area contributed by atoms with Gasteiger partial charge in [0.25, 0.3) is 5.69 Å². The normalized spacial score (nSPS) is 22.6. The maximum absolute atomic E-state index is 11.4. The van der Waals surface area contributed by atoms with Crippen LogP contribution in [0.2, 0.25) is 0 Å². The van der Waals surface area contributed by atoms with Crippen molar-refractivity contribution in [3.8, 4) is 0 Å². The number of hydrogen-bond acceptors (Lipinski definition) is 4. The number of hydrogen-bond donors (Lipinski definition) is 1. The average molecular weight is 278 g/mol. The molecule has 1 aromatic rings. The van der Waals surface area contributed by atoms with Gasteiger partial charge in [0.05, 0.1) is 4.92 Å². The van der Waals surface area contributed by atoms with E-state index < -0.39 is 16.9 Å². The van der Waals surface area contributed by atoms with Crippen molar-refractivity contribution in [1.29, 1.82) is 0 Å². The summed E-state index contributed by atoms with van der Waals surface area (Å²) in [5.74, 6) is -0.396. The summed E-state index contributed by atoms with van der Waals surface area (Å²) in [6.07, 6.45) is 2.57. The van der Waals surface area contributed by atoms with E-state index in [0.29, 0.717) is 18.9 Å². The number of piperidine rings is 1. The molecule has 1 aliphatic rings. The Balaban J connectivity index is 2.21. The molecule has 1 fully saturated rings. The zero-order valence-electron chi connectivity index (χ0n) is 11.4. The molecule has 6 heteroatoms. The predicted octanol–water partition coefficient (Wildman–Crippen LogP) is 2.67. The quantitative estimate of drug-likeness (QED) is 0.676. The second-order valence-electron chi connectivity index (χ2n) is 5.12. The molecule has 20 heavy (non-hydrogen) atoms. The van der Waals surface area contributed by atoms with Crippen LogP contribution in [0.15, 0.2) is 24.3 Å². The van der Waals surface area contributed by atoms with Gasteiger partial charge in [-0.3, -0.25) is 10.1 Å². The monoisotopic (exact) mass is 278 g/mol. The highest BCUT2D eigenvalue weighted by Gasteiger charge is 2.32. The van der Waals surface area contributed by atoms with Gasteiger partial charge in [-0.15, -0.1) is 0 Å². The van der Waals surface area contributed by atoms with Crippen LogP contribution in [-0.4, -0.2) is 28.6 Å². The van der Waals surface area contributed by atoms with Gasteiger partial charge < -0.3 is 10.0 Å². The average Bonchev–Trinajstić information content (AvgIpc) is 2.46. The van der Waals surface area contributed by atoms with Crippen LogP contribution in [0, 0.1) is 16.0 Å². The lowest BCUT2D eigenvalue weighted by molar-refractivity contribution is -0.384. The number of nitro benzene ring substituents is 1. The Hall–Kier alpha value is -2.11. The van der Waals surface area contributed by atoms with Crippen molar-refractivity contribution in [3.63, 3.8) is 0 Å². The Bertz CT molecular complexity index is 500. The lowest BCUT2D eigenvalue weighted by Gasteiger charge is -2.38. The van der Waals surface area contributed by atoms with Crippen molar-refractivity contribution < 1.29 is 14.8 Å². The van der Waals surface area contributed by atoms with Gasteiger partial charge in [0, 0.05) is 24.4 Å². The first-order valence-corrected chi connectivity index (χ1v) is 6.76. The highest BCUT2D eigenvalue weighted by atomic mass is 16.6. The number of carboxylic acids is 1. The minimum atomic E-state index is -0.832. The van der Waals surface area contributed by atoms with E-state index in [0.717, 1.165) is 18.5 Å². The van der Waals surface area contributed by atoms with Crippen LogP contribution in [0.3, 0.4) is 0 Å². The van der Waals surface area contributed by atoms with E-state index in [-0.39, 0.29) is 5.69 Å². The highest BCUT2D eigenvalue weighted by molar-refractivity contribution is 5.78. The fourth-order valence-electron chi connectivity index (χ4n) is 2.72. The SMILES string of the molecule is CCC1CCN(c2ccc([N+](=O)[O-])cc2)C(C(=O)O)C1. The van der Waals surface area contributed by atoms with E-state index in [2.05, 4.69) is 6.92 Å². The van der Waals surface area contributed by atoms with Crippen LogP contribution in [0.5, 0.6) is 0 Å². The topological polar surface area (TPSA) is 83.7 Å². The Morgan fingerprint density at radius 1 is 1.45 bits per heavy atom. The van der Waals surface area contributed by atoms with E-state index in [1.165, 1.54) is 12.1 Å². The number of nitrogens with zero attached hydrogens (tertiary/aromatic N) is 2. The summed E-state index contributed by atoms with van der Waals surface area (Å²) < 4.78 is 0. The number of carboxylic acid groups (broad SMARTS) is 1. The molecule has 1 aliphatic heterocycles. The Morgan fingerprint density at radius 2 is 2.10 bits per heavy atom. The molecule has 0 radical (unpaired) electrons. The summed E-state index contributed by atoms with van der Waals surface area (Å²) in [6.45, 7) is 2.75. The van der Waals surface area contributed by atoms with Crippen LogP contribution in [0.1, 0.15) is 26.2 Å². The van der Waals surface area contributed by atoms with Crippen molar-refractivity contribution in [2.45, 2.75) is 32.2 Å². The molecule has 1 saturated heterocycles. The number of non-ortho nitro benzene ring substituents is 1. The smallest absolute Gasteiger partial charge is 0.326 e. The summed E-state index contributed by atoms with van der Waals surface area (Å²) in [7, 11) is 0. The van der Waals surface area contributed by atoms with Crippen LogP contribution in [-0.2, 0) is 4.79 Å². The van der Waals surface area contributed by atoms with Gasteiger partial charge in [0.2, 0.25) is 0 Å². The predicted molar refractivity (Wildman–Crippen MR) is 74.9 cm³/mol. The van der Waals surface area contributed by atoms with Crippen LogP contribution < -0.4 is 4.90 Å². The molecule has 2 unspecified atom stereocenters. The molecule has 6 nitrogen and oxygen atoms in total. The molecule has 1 heterocycles. The second-order valence-corrected chi connectivity index (χ2v) is 5.12. The Morgan fingerprint density at radius 3 is 2.60 bits per heavy atom. The molecule has 0 amide bonds. The van der Waals surface area contributed by atoms with Gasteiger partial charge in [0.1, 0.15) is 6.04 Å².